The topological polar surface area (TPSA) is 6.48 Å². The van der Waals surface area contributed by atoms with Crippen molar-refractivity contribution >= 4 is 102 Å². The monoisotopic (exact) mass is 1190 g/mol. The molecule has 14 aromatic carbocycles. The molecule has 0 N–H and O–H groups in total. The van der Waals surface area contributed by atoms with Crippen LogP contribution in [0.2, 0.25) is 0 Å². The minimum Gasteiger partial charge on any atom is -0.310 e. The van der Waals surface area contributed by atoms with E-state index in [0.29, 0.717) is 0 Å². The van der Waals surface area contributed by atoms with E-state index in [-0.39, 0.29) is 16.2 Å². The van der Waals surface area contributed by atoms with Gasteiger partial charge in [0, 0.05) is 49.8 Å². The molecule has 446 valence electrons. The number of rotatable bonds is 10. The first kappa shape index (κ1) is 56.2. The summed E-state index contributed by atoms with van der Waals surface area (Å²) in [6.45, 7) is 18.8. The van der Waals surface area contributed by atoms with Crippen molar-refractivity contribution in [2.75, 3.05) is 9.80 Å². The summed E-state index contributed by atoms with van der Waals surface area (Å²) < 4.78 is 0. The molecule has 0 aliphatic heterocycles. The Bertz CT molecular complexity index is 5190. The fourth-order valence-electron chi connectivity index (χ4n) is 16.2. The molecule has 0 saturated carbocycles. The molecule has 14 aromatic rings. The van der Waals surface area contributed by atoms with Crippen LogP contribution >= 0.6 is 0 Å². The van der Waals surface area contributed by atoms with Gasteiger partial charge in [-0.2, -0.15) is 0 Å². The minimum absolute atomic E-state index is 0.171. The van der Waals surface area contributed by atoms with Crippen LogP contribution in [0.15, 0.2) is 267 Å². The van der Waals surface area contributed by atoms with Crippen molar-refractivity contribution in [3.8, 4) is 33.4 Å². The first-order valence-corrected chi connectivity index (χ1v) is 32.9. The van der Waals surface area contributed by atoms with E-state index < -0.39 is 0 Å². The van der Waals surface area contributed by atoms with Crippen molar-refractivity contribution in [1.82, 2.24) is 0 Å². The Kier molecular flexibility index (Phi) is 12.8. The zero-order valence-corrected chi connectivity index (χ0v) is 54.1. The predicted molar refractivity (Wildman–Crippen MR) is 399 cm³/mol. The van der Waals surface area contributed by atoms with Crippen LogP contribution in [0.1, 0.15) is 108 Å². The molecule has 0 aromatic heterocycles. The summed E-state index contributed by atoms with van der Waals surface area (Å²) in [7, 11) is 0. The van der Waals surface area contributed by atoms with Gasteiger partial charge in [0.05, 0.1) is 11.4 Å². The summed E-state index contributed by atoms with van der Waals surface area (Å²) in [5, 5.41) is 10.0. The van der Waals surface area contributed by atoms with Crippen molar-refractivity contribution in [3.63, 3.8) is 0 Å². The van der Waals surface area contributed by atoms with Gasteiger partial charge in [0.15, 0.2) is 0 Å². The molecule has 0 spiro atoms. The minimum atomic E-state index is -0.218. The van der Waals surface area contributed by atoms with E-state index in [1.165, 1.54) is 155 Å². The van der Waals surface area contributed by atoms with Gasteiger partial charge in [-0.05, 0) is 207 Å². The van der Waals surface area contributed by atoms with Crippen molar-refractivity contribution in [2.24, 2.45) is 0 Å². The highest BCUT2D eigenvalue weighted by atomic mass is 15.1. The van der Waals surface area contributed by atoms with Gasteiger partial charge >= 0.3 is 0 Å². The Balaban J connectivity index is 0.627. The Labute approximate surface area is 546 Å². The Morgan fingerprint density at radius 1 is 0.237 bits per heavy atom. The van der Waals surface area contributed by atoms with Gasteiger partial charge in [-0.3, -0.25) is 0 Å². The maximum atomic E-state index is 2.47. The average Bonchev–Trinajstić information content (AvgIpc) is 1.67. The number of hydrogen-bond acceptors (Lipinski definition) is 2. The number of aryl methyl sites for hydroxylation is 2. The summed E-state index contributed by atoms with van der Waals surface area (Å²) in [5.41, 5.74) is 29.7. The zero-order valence-electron chi connectivity index (χ0n) is 54.1. The van der Waals surface area contributed by atoms with E-state index in [0.717, 1.165) is 22.7 Å². The van der Waals surface area contributed by atoms with Gasteiger partial charge in [0.1, 0.15) is 0 Å². The van der Waals surface area contributed by atoms with Crippen LogP contribution in [0.25, 0.3) is 101 Å². The van der Waals surface area contributed by atoms with Crippen LogP contribution < -0.4 is 9.80 Å². The number of fused-ring (bicyclic) bond motifs is 15. The van der Waals surface area contributed by atoms with Crippen LogP contribution in [-0.2, 0) is 16.2 Å². The van der Waals surface area contributed by atoms with Crippen molar-refractivity contribution in [2.45, 2.75) is 71.6 Å². The van der Waals surface area contributed by atoms with Crippen LogP contribution in [0.3, 0.4) is 0 Å². The summed E-state index contributed by atoms with van der Waals surface area (Å²) in [4.78, 5) is 4.95. The third-order valence-corrected chi connectivity index (χ3v) is 21.0. The van der Waals surface area contributed by atoms with E-state index in [1.807, 2.05) is 0 Å². The van der Waals surface area contributed by atoms with Crippen LogP contribution in [-0.4, -0.2) is 0 Å². The Hall–Kier alpha value is -10.8. The van der Waals surface area contributed by atoms with E-state index in [9.17, 15) is 0 Å². The number of benzene rings is 14. The van der Waals surface area contributed by atoms with Crippen molar-refractivity contribution < 1.29 is 0 Å². The first-order chi connectivity index (χ1) is 45.1. The summed E-state index contributed by atoms with van der Waals surface area (Å²) in [5.74, 6) is 0. The molecule has 0 unspecified atom stereocenters. The van der Waals surface area contributed by atoms with Gasteiger partial charge in [-0.1, -0.05) is 272 Å². The van der Waals surface area contributed by atoms with Crippen LogP contribution in [0.4, 0.5) is 34.1 Å². The van der Waals surface area contributed by atoms with Crippen molar-refractivity contribution in [1.29, 1.82) is 0 Å². The van der Waals surface area contributed by atoms with E-state index in [2.05, 4.69) is 356 Å². The van der Waals surface area contributed by atoms with Crippen LogP contribution in [0.5, 0.6) is 0 Å². The fraction of sp³-hybridized carbons (Fsp3) is 0.121. The smallest absolute Gasteiger partial charge is 0.0546 e. The SMILES string of the molecule is Cc1cccc(N(c2ccc3c(c2)C(C)(C)c2cc(/C=C/c4ccc5c(c4)C(C)(C)c4cc(/C=C/c6ccc7c(c6)C(C)(C)c6cc(N(c8cccc(C)c8)c8cc9ccccc9c9ccccc89)ccc6-7)ccc4-5)ccc2-3)c2cc3ccccc3c3ccccc23)c1. The number of nitrogens with zero attached hydrogens (tertiary/aromatic N) is 2. The molecular formula is C91H72N2. The molecule has 3 aliphatic carbocycles. The molecule has 0 saturated heterocycles. The molecule has 0 radical (unpaired) electrons. The van der Waals surface area contributed by atoms with E-state index in [4.69, 9.17) is 0 Å². The Morgan fingerprint density at radius 2 is 0.516 bits per heavy atom. The normalized spacial score (nSPS) is 14.4. The second-order valence-electron chi connectivity index (χ2n) is 27.9. The molecule has 2 nitrogen and oxygen atoms in total. The van der Waals surface area contributed by atoms with Gasteiger partial charge in [0.2, 0.25) is 0 Å². The van der Waals surface area contributed by atoms with Crippen molar-refractivity contribution in [3.05, 3.63) is 334 Å². The largest absolute Gasteiger partial charge is 0.310 e. The second-order valence-corrected chi connectivity index (χ2v) is 27.9. The molecule has 0 amide bonds. The summed E-state index contributed by atoms with van der Waals surface area (Å²) in [6, 6.07) is 100. The highest BCUT2D eigenvalue weighted by Crippen LogP contribution is 2.55. The molecule has 0 heterocycles. The van der Waals surface area contributed by atoms with Gasteiger partial charge < -0.3 is 9.80 Å². The molecule has 17 rings (SSSR count). The van der Waals surface area contributed by atoms with Gasteiger partial charge in [-0.25, -0.2) is 0 Å². The van der Waals surface area contributed by atoms with E-state index in [1.54, 1.807) is 0 Å². The van der Waals surface area contributed by atoms with E-state index >= 15 is 0 Å². The zero-order chi connectivity index (χ0) is 63.1. The third-order valence-electron chi connectivity index (χ3n) is 21.0. The lowest BCUT2D eigenvalue weighted by Crippen LogP contribution is -2.17. The summed E-state index contributed by atoms with van der Waals surface area (Å²) in [6.07, 6.45) is 9.22. The fourth-order valence-corrected chi connectivity index (χ4v) is 16.2. The summed E-state index contributed by atoms with van der Waals surface area (Å²) >= 11 is 0. The first-order valence-electron chi connectivity index (χ1n) is 32.9. The molecule has 3 aliphatic rings. The van der Waals surface area contributed by atoms with Crippen LogP contribution in [0, 0.1) is 13.8 Å². The van der Waals surface area contributed by atoms with Gasteiger partial charge in [-0.15, -0.1) is 0 Å². The molecule has 0 bridgehead atoms. The lowest BCUT2D eigenvalue weighted by molar-refractivity contribution is 0.660. The standard InChI is InChI=1S/C91H72N2/c1-57-19-17-23-65(47-57)92(87-53-63-21-9-11-25-69(63)71-27-13-15-29-79(71)87)67-39-45-77-75-43-37-61(51-83(75)90(5,6)85(77)55-67)33-31-59-35-41-73-74-42-36-60(50-82(74)89(3,4)81(73)49-59)32-34-62-38-44-76-78-46-40-68(56-86(78)91(7,8)84(76)52-62)93(66-24-18-20-58(2)48-66)88-54-64-22-10-12-26-70(64)72-28-14-16-30-80(72)88/h9-56H,1-8H3/b33-31+,34-32+. The Morgan fingerprint density at radius 3 is 0.849 bits per heavy atom. The highest BCUT2D eigenvalue weighted by Gasteiger charge is 2.39. The maximum absolute atomic E-state index is 2.47. The molecule has 93 heavy (non-hydrogen) atoms. The average molecular weight is 1190 g/mol. The molecule has 0 atom stereocenters. The maximum Gasteiger partial charge on any atom is 0.0546 e. The quantitative estimate of drug-likeness (QED) is 0.0995. The van der Waals surface area contributed by atoms with Gasteiger partial charge in [0.25, 0.3) is 0 Å². The number of anilines is 6. The molecule has 2 heteroatoms. The second kappa shape index (κ2) is 21.1. The molecule has 0 fully saturated rings. The highest BCUT2D eigenvalue weighted by molar-refractivity contribution is 6.16. The lowest BCUT2D eigenvalue weighted by Gasteiger charge is -2.29. The molecular weight excluding hydrogens is 1120 g/mol. The number of hydrogen-bond donors (Lipinski definition) is 0. The third kappa shape index (κ3) is 9.05. The lowest BCUT2D eigenvalue weighted by atomic mass is 9.81. The predicted octanol–water partition coefficient (Wildman–Crippen LogP) is 25.1.